The number of nitrogens with zero attached hydrogens (tertiary/aromatic N) is 1. The van der Waals surface area contributed by atoms with Crippen LogP contribution in [0, 0.1) is 13.8 Å². The van der Waals surface area contributed by atoms with Gasteiger partial charge in [-0.2, -0.15) is 0 Å². The van der Waals surface area contributed by atoms with E-state index in [9.17, 15) is 4.79 Å². The van der Waals surface area contributed by atoms with E-state index in [1.807, 2.05) is 30.7 Å². The standard InChI is InChI=1S/C15H18N2O3/c1-11-3-4-12(2)17(11)16-9-10-20-14-7-5-13(6-8-14)15(18)19/h3-8,16H,9-10H2,1-2H3,(H,18,19). The predicted octanol–water partition coefficient (Wildman–Crippen LogP) is 2.43. The van der Waals surface area contributed by atoms with Crippen LogP contribution in [0.5, 0.6) is 5.75 Å². The second-order valence-corrected chi connectivity index (χ2v) is 4.54. The van der Waals surface area contributed by atoms with Gasteiger partial charge < -0.3 is 15.3 Å². The van der Waals surface area contributed by atoms with Crippen molar-refractivity contribution in [2.24, 2.45) is 0 Å². The summed E-state index contributed by atoms with van der Waals surface area (Å²) < 4.78 is 7.56. The van der Waals surface area contributed by atoms with Crippen molar-refractivity contribution in [1.29, 1.82) is 0 Å². The molecule has 0 amide bonds. The van der Waals surface area contributed by atoms with E-state index in [0.29, 0.717) is 18.9 Å². The molecule has 1 heterocycles. The normalized spacial score (nSPS) is 10.3. The first-order valence-electron chi connectivity index (χ1n) is 6.43. The highest BCUT2D eigenvalue weighted by atomic mass is 16.5. The molecule has 1 aromatic carbocycles. The number of benzene rings is 1. The van der Waals surface area contributed by atoms with Crippen LogP contribution in [0.25, 0.3) is 0 Å². The summed E-state index contributed by atoms with van der Waals surface area (Å²) in [5.41, 5.74) is 5.81. The van der Waals surface area contributed by atoms with Gasteiger partial charge in [-0.05, 0) is 50.2 Å². The van der Waals surface area contributed by atoms with E-state index in [2.05, 4.69) is 5.43 Å². The van der Waals surface area contributed by atoms with Crippen LogP contribution in [0.15, 0.2) is 36.4 Å². The van der Waals surface area contributed by atoms with Gasteiger partial charge in [0.1, 0.15) is 12.4 Å². The van der Waals surface area contributed by atoms with Crippen LogP contribution >= 0.6 is 0 Å². The fraction of sp³-hybridized carbons (Fsp3) is 0.267. The van der Waals surface area contributed by atoms with Gasteiger partial charge in [-0.3, -0.25) is 4.68 Å². The topological polar surface area (TPSA) is 63.5 Å². The lowest BCUT2D eigenvalue weighted by Crippen LogP contribution is -2.22. The Bertz CT molecular complexity index is 568. The van der Waals surface area contributed by atoms with Gasteiger partial charge in [0, 0.05) is 11.4 Å². The van der Waals surface area contributed by atoms with Crippen molar-refractivity contribution in [2.45, 2.75) is 13.8 Å². The number of aryl methyl sites for hydroxylation is 2. The second kappa shape index (κ2) is 6.14. The molecular weight excluding hydrogens is 256 g/mol. The van der Waals surface area contributed by atoms with Crippen LogP contribution in [0.4, 0.5) is 0 Å². The van der Waals surface area contributed by atoms with Gasteiger partial charge >= 0.3 is 5.97 Å². The molecule has 0 aliphatic carbocycles. The lowest BCUT2D eigenvalue weighted by atomic mass is 10.2. The van der Waals surface area contributed by atoms with Crippen LogP contribution in [-0.2, 0) is 0 Å². The average molecular weight is 274 g/mol. The zero-order chi connectivity index (χ0) is 14.5. The first-order valence-corrected chi connectivity index (χ1v) is 6.43. The summed E-state index contributed by atoms with van der Waals surface area (Å²) in [7, 11) is 0. The van der Waals surface area contributed by atoms with Gasteiger partial charge in [-0.25, -0.2) is 4.79 Å². The molecule has 0 aliphatic rings. The Kier molecular flexibility index (Phi) is 4.30. The number of carboxylic acid groups (broad SMARTS) is 1. The zero-order valence-corrected chi connectivity index (χ0v) is 11.6. The number of hydrogen-bond donors (Lipinski definition) is 2. The fourth-order valence-corrected chi connectivity index (χ4v) is 1.94. The van der Waals surface area contributed by atoms with Crippen molar-refractivity contribution < 1.29 is 14.6 Å². The molecule has 5 nitrogen and oxygen atoms in total. The quantitative estimate of drug-likeness (QED) is 0.794. The molecule has 0 unspecified atom stereocenters. The Labute approximate surface area is 117 Å². The molecule has 1 aromatic heterocycles. The second-order valence-electron chi connectivity index (χ2n) is 4.54. The summed E-state index contributed by atoms with van der Waals surface area (Å²) in [6.45, 7) is 5.23. The predicted molar refractivity (Wildman–Crippen MR) is 77.0 cm³/mol. The van der Waals surface area contributed by atoms with Crippen LogP contribution in [0.2, 0.25) is 0 Å². The molecule has 0 atom stereocenters. The molecule has 2 aromatic rings. The highest BCUT2D eigenvalue weighted by Gasteiger charge is 2.02. The van der Waals surface area contributed by atoms with E-state index in [1.165, 1.54) is 12.1 Å². The lowest BCUT2D eigenvalue weighted by Gasteiger charge is -2.13. The molecule has 5 heteroatoms. The van der Waals surface area contributed by atoms with Gasteiger partial charge in [0.25, 0.3) is 0 Å². The van der Waals surface area contributed by atoms with E-state index in [-0.39, 0.29) is 5.56 Å². The third-order valence-corrected chi connectivity index (χ3v) is 3.01. The molecule has 0 radical (unpaired) electrons. The fourth-order valence-electron chi connectivity index (χ4n) is 1.94. The monoisotopic (exact) mass is 274 g/mol. The van der Waals surface area contributed by atoms with E-state index in [4.69, 9.17) is 9.84 Å². The van der Waals surface area contributed by atoms with Gasteiger partial charge in [-0.15, -0.1) is 0 Å². The van der Waals surface area contributed by atoms with Crippen LogP contribution in [0.1, 0.15) is 21.7 Å². The largest absolute Gasteiger partial charge is 0.492 e. The van der Waals surface area contributed by atoms with Crippen molar-refractivity contribution in [3.05, 3.63) is 53.3 Å². The maximum Gasteiger partial charge on any atom is 0.335 e. The SMILES string of the molecule is Cc1ccc(C)n1NCCOc1ccc(C(=O)O)cc1. The van der Waals surface area contributed by atoms with Crippen molar-refractivity contribution in [1.82, 2.24) is 4.68 Å². The van der Waals surface area contributed by atoms with Crippen molar-refractivity contribution >= 4 is 5.97 Å². The van der Waals surface area contributed by atoms with Crippen molar-refractivity contribution in [3.8, 4) is 5.75 Å². The molecule has 0 fully saturated rings. The number of aromatic nitrogens is 1. The number of rotatable bonds is 6. The third-order valence-electron chi connectivity index (χ3n) is 3.01. The summed E-state index contributed by atoms with van der Waals surface area (Å²) in [5.74, 6) is -0.269. The average Bonchev–Trinajstić information content (AvgIpc) is 2.75. The Balaban J connectivity index is 1.80. The van der Waals surface area contributed by atoms with E-state index < -0.39 is 5.97 Å². The molecule has 106 valence electrons. The Morgan fingerprint density at radius 2 is 1.75 bits per heavy atom. The molecule has 20 heavy (non-hydrogen) atoms. The Morgan fingerprint density at radius 1 is 1.15 bits per heavy atom. The lowest BCUT2D eigenvalue weighted by molar-refractivity contribution is 0.0697. The van der Waals surface area contributed by atoms with Gasteiger partial charge in [0.05, 0.1) is 12.1 Å². The summed E-state index contributed by atoms with van der Waals surface area (Å²) in [4.78, 5) is 10.7. The Morgan fingerprint density at radius 3 is 2.30 bits per heavy atom. The smallest absolute Gasteiger partial charge is 0.335 e. The van der Waals surface area contributed by atoms with E-state index in [1.54, 1.807) is 12.1 Å². The third kappa shape index (κ3) is 3.32. The highest BCUT2D eigenvalue weighted by molar-refractivity contribution is 5.87. The van der Waals surface area contributed by atoms with E-state index in [0.717, 1.165) is 11.4 Å². The highest BCUT2D eigenvalue weighted by Crippen LogP contribution is 2.12. The summed E-state index contributed by atoms with van der Waals surface area (Å²) in [6.07, 6.45) is 0. The van der Waals surface area contributed by atoms with Crippen LogP contribution in [-0.4, -0.2) is 28.9 Å². The number of aromatic carboxylic acids is 1. The first-order chi connectivity index (χ1) is 9.58. The van der Waals surface area contributed by atoms with Crippen molar-refractivity contribution in [2.75, 3.05) is 18.6 Å². The molecule has 0 spiro atoms. The van der Waals surface area contributed by atoms with Crippen molar-refractivity contribution in [3.63, 3.8) is 0 Å². The number of carbonyl (C=O) groups is 1. The number of ether oxygens (including phenoxy) is 1. The Hall–Kier alpha value is -2.43. The van der Waals surface area contributed by atoms with Crippen LogP contribution in [0.3, 0.4) is 0 Å². The van der Waals surface area contributed by atoms with Gasteiger partial charge in [0.15, 0.2) is 0 Å². The van der Waals surface area contributed by atoms with Crippen LogP contribution < -0.4 is 10.2 Å². The van der Waals surface area contributed by atoms with Gasteiger partial charge in [-0.1, -0.05) is 0 Å². The van der Waals surface area contributed by atoms with Gasteiger partial charge in [0.2, 0.25) is 0 Å². The maximum atomic E-state index is 10.7. The molecule has 0 saturated heterocycles. The molecule has 0 aliphatic heterocycles. The minimum atomic E-state index is -0.934. The summed E-state index contributed by atoms with van der Waals surface area (Å²) in [6, 6.07) is 10.5. The molecule has 2 N–H and O–H groups in total. The number of carboxylic acids is 1. The zero-order valence-electron chi connectivity index (χ0n) is 11.6. The minimum Gasteiger partial charge on any atom is -0.492 e. The molecular formula is C15H18N2O3. The molecule has 2 rings (SSSR count). The minimum absolute atomic E-state index is 0.258. The summed E-state index contributed by atoms with van der Waals surface area (Å²) >= 11 is 0. The summed E-state index contributed by atoms with van der Waals surface area (Å²) in [5, 5.41) is 8.79. The molecule has 0 bridgehead atoms. The maximum absolute atomic E-state index is 10.7. The van der Waals surface area contributed by atoms with E-state index >= 15 is 0 Å². The first kappa shape index (κ1) is 14.0. The molecule has 0 saturated carbocycles. The number of nitrogens with one attached hydrogen (secondary N) is 1. The number of hydrogen-bond acceptors (Lipinski definition) is 3.